The van der Waals surface area contributed by atoms with Gasteiger partial charge in [0, 0.05) is 13.1 Å². The molecule has 1 heterocycles. The van der Waals surface area contributed by atoms with Crippen LogP contribution in [0.3, 0.4) is 0 Å². The molecule has 1 unspecified atom stereocenters. The maximum atomic E-state index is 4.89. The van der Waals surface area contributed by atoms with Gasteiger partial charge in [-0.25, -0.2) is 4.31 Å². The minimum Gasteiger partial charge on any atom is -0.247 e. The van der Waals surface area contributed by atoms with E-state index in [0.29, 0.717) is 0 Å². The van der Waals surface area contributed by atoms with Crippen LogP contribution in [0.25, 0.3) is 0 Å². The quantitative estimate of drug-likeness (QED) is 0.453. The number of rotatable bonds is 2. The maximum Gasteiger partial charge on any atom is 0.00929 e. The predicted octanol–water partition coefficient (Wildman–Crippen LogP) is 1.52. The van der Waals surface area contributed by atoms with Crippen molar-refractivity contribution in [3.63, 3.8) is 0 Å². The standard InChI is InChI=1S/C4H10NPS2/c7-6-8-5-3-1-2-4-5/h1-4,6H2. The number of hydrogen-bond acceptors (Lipinski definition) is 3. The monoisotopic (exact) mass is 167 g/mol. The van der Waals surface area contributed by atoms with Crippen LogP contribution < -0.4 is 0 Å². The van der Waals surface area contributed by atoms with Crippen LogP contribution in [0.15, 0.2) is 0 Å². The van der Waals surface area contributed by atoms with Crippen LogP contribution in [0.5, 0.6) is 0 Å². The van der Waals surface area contributed by atoms with Crippen molar-refractivity contribution >= 4 is 29.9 Å². The van der Waals surface area contributed by atoms with Crippen molar-refractivity contribution in [3.8, 4) is 0 Å². The van der Waals surface area contributed by atoms with Crippen molar-refractivity contribution in [1.29, 1.82) is 0 Å². The molecule has 0 saturated carbocycles. The summed E-state index contributed by atoms with van der Waals surface area (Å²) in [5.74, 6) is 0. The molecule has 0 spiro atoms. The number of hydrogen-bond donors (Lipinski definition) is 0. The fourth-order valence-electron chi connectivity index (χ4n) is 0.854. The molecule has 1 atom stereocenters. The van der Waals surface area contributed by atoms with E-state index in [-0.39, 0.29) is 6.56 Å². The number of nitrogens with zero attached hydrogens (tertiary/aromatic N) is 1. The van der Waals surface area contributed by atoms with E-state index in [9.17, 15) is 0 Å². The van der Waals surface area contributed by atoms with Crippen LogP contribution in [0.4, 0.5) is 0 Å². The summed E-state index contributed by atoms with van der Waals surface area (Å²) in [7, 11) is 0. The molecule has 4 heteroatoms. The predicted molar refractivity (Wildman–Crippen MR) is 45.5 cm³/mol. The minimum atomic E-state index is 0.214. The third-order valence-electron chi connectivity index (χ3n) is 1.26. The average Bonchev–Trinajstić information content (AvgIpc) is 2.19. The second-order valence-electron chi connectivity index (χ2n) is 1.84. The molecule has 0 aromatic heterocycles. The van der Waals surface area contributed by atoms with Gasteiger partial charge in [-0.05, 0) is 31.0 Å². The lowest BCUT2D eigenvalue weighted by Crippen LogP contribution is -2.05. The van der Waals surface area contributed by atoms with E-state index in [1.807, 2.05) is 11.6 Å². The molecular weight excluding hydrogens is 157 g/mol. The molecule has 48 valence electrons. The highest BCUT2D eigenvalue weighted by atomic mass is 32.9. The van der Waals surface area contributed by atoms with Crippen molar-refractivity contribution in [2.75, 3.05) is 13.1 Å². The normalized spacial score (nSPS) is 23.5. The Kier molecular flexibility index (Phi) is 3.44. The minimum absolute atomic E-state index is 0.214. The lowest BCUT2D eigenvalue weighted by atomic mass is 10.4. The van der Waals surface area contributed by atoms with E-state index < -0.39 is 0 Å². The van der Waals surface area contributed by atoms with E-state index in [2.05, 4.69) is 4.31 Å². The van der Waals surface area contributed by atoms with E-state index >= 15 is 0 Å². The van der Waals surface area contributed by atoms with Gasteiger partial charge in [-0.1, -0.05) is 11.8 Å². The Morgan fingerprint density at radius 2 is 2.00 bits per heavy atom. The van der Waals surface area contributed by atoms with E-state index in [0.717, 1.165) is 0 Å². The first kappa shape index (κ1) is 7.07. The summed E-state index contributed by atoms with van der Waals surface area (Å²) in [5.41, 5.74) is 0. The SMILES string of the molecule is S=[PH2]SN1CCCC1. The van der Waals surface area contributed by atoms with Crippen molar-refractivity contribution in [3.05, 3.63) is 0 Å². The van der Waals surface area contributed by atoms with Gasteiger partial charge in [0.25, 0.3) is 0 Å². The summed E-state index contributed by atoms with van der Waals surface area (Å²) in [6.07, 6.45) is 2.75. The second kappa shape index (κ2) is 3.89. The molecule has 0 aromatic carbocycles. The average molecular weight is 167 g/mol. The van der Waals surface area contributed by atoms with Crippen LogP contribution in [0.1, 0.15) is 12.8 Å². The molecule has 8 heavy (non-hydrogen) atoms. The van der Waals surface area contributed by atoms with Crippen molar-refractivity contribution < 1.29 is 0 Å². The van der Waals surface area contributed by atoms with E-state index in [4.69, 9.17) is 11.8 Å². The van der Waals surface area contributed by atoms with Gasteiger partial charge >= 0.3 is 0 Å². The first-order valence-electron chi connectivity index (χ1n) is 2.79. The van der Waals surface area contributed by atoms with Crippen molar-refractivity contribution in [1.82, 2.24) is 4.31 Å². The van der Waals surface area contributed by atoms with Crippen LogP contribution in [-0.4, -0.2) is 17.4 Å². The van der Waals surface area contributed by atoms with Gasteiger partial charge in [0.15, 0.2) is 0 Å². The molecule has 1 fully saturated rings. The Bertz CT molecular complexity index is 82.1. The molecule has 0 aliphatic carbocycles. The second-order valence-corrected chi connectivity index (χ2v) is 5.70. The first-order valence-corrected chi connectivity index (χ1v) is 6.92. The Morgan fingerprint density at radius 1 is 1.38 bits per heavy atom. The highest BCUT2D eigenvalue weighted by Gasteiger charge is 2.08. The van der Waals surface area contributed by atoms with Crippen LogP contribution in [0.2, 0.25) is 0 Å². The molecule has 0 radical (unpaired) electrons. The van der Waals surface area contributed by atoms with Gasteiger partial charge in [0.2, 0.25) is 0 Å². The third kappa shape index (κ3) is 2.06. The van der Waals surface area contributed by atoms with Gasteiger partial charge in [-0.15, -0.1) is 0 Å². The fourth-order valence-corrected chi connectivity index (χ4v) is 3.54. The van der Waals surface area contributed by atoms with E-state index in [1.165, 1.54) is 25.9 Å². The van der Waals surface area contributed by atoms with Gasteiger partial charge in [0.1, 0.15) is 0 Å². The highest BCUT2D eigenvalue weighted by Crippen LogP contribution is 2.27. The zero-order chi connectivity index (χ0) is 5.82. The molecule has 1 aliphatic rings. The van der Waals surface area contributed by atoms with Crippen LogP contribution in [-0.2, 0) is 11.8 Å². The van der Waals surface area contributed by atoms with E-state index in [1.54, 1.807) is 0 Å². The molecule has 0 bridgehead atoms. The Morgan fingerprint density at radius 3 is 2.50 bits per heavy atom. The Hall–Kier alpha value is 0.960. The zero-order valence-corrected chi connectivity index (χ0v) is 7.46. The lowest BCUT2D eigenvalue weighted by molar-refractivity contribution is 0.593. The fraction of sp³-hybridized carbons (Fsp3) is 1.00. The van der Waals surface area contributed by atoms with Gasteiger partial charge < -0.3 is 0 Å². The van der Waals surface area contributed by atoms with Crippen LogP contribution >= 0.6 is 18.1 Å². The molecule has 1 saturated heterocycles. The molecule has 0 amide bonds. The van der Waals surface area contributed by atoms with Crippen LogP contribution in [0, 0.1) is 0 Å². The Labute approximate surface area is 60.5 Å². The zero-order valence-electron chi connectivity index (χ0n) is 4.67. The van der Waals surface area contributed by atoms with Gasteiger partial charge in [-0.2, -0.15) is 0 Å². The molecular formula is C4H10NPS2. The van der Waals surface area contributed by atoms with Gasteiger partial charge in [-0.3, -0.25) is 0 Å². The summed E-state index contributed by atoms with van der Waals surface area (Å²) in [6.45, 7) is 2.76. The summed E-state index contributed by atoms with van der Waals surface area (Å²) in [4.78, 5) is 0. The molecule has 0 aromatic rings. The largest absolute Gasteiger partial charge is 0.247 e. The summed E-state index contributed by atoms with van der Waals surface area (Å²) in [5, 5.41) is 0. The summed E-state index contributed by atoms with van der Waals surface area (Å²) >= 11 is 6.76. The first-order chi connectivity index (χ1) is 3.93. The molecule has 1 rings (SSSR count). The molecule has 1 nitrogen and oxygen atoms in total. The van der Waals surface area contributed by atoms with Crippen molar-refractivity contribution in [2.45, 2.75) is 12.8 Å². The third-order valence-corrected chi connectivity index (χ3v) is 3.93. The molecule has 1 aliphatic heterocycles. The topological polar surface area (TPSA) is 3.24 Å². The van der Waals surface area contributed by atoms with Gasteiger partial charge in [0.05, 0.1) is 0 Å². The maximum absolute atomic E-state index is 4.89. The summed E-state index contributed by atoms with van der Waals surface area (Å²) in [6, 6.07) is 0. The Balaban J connectivity index is 2.14. The molecule has 0 N–H and O–H groups in total. The smallest absolute Gasteiger partial charge is 0.00929 e. The lowest BCUT2D eigenvalue weighted by Gasteiger charge is -2.07. The van der Waals surface area contributed by atoms with Crippen molar-refractivity contribution in [2.24, 2.45) is 0 Å². The highest BCUT2D eigenvalue weighted by molar-refractivity contribution is 8.56. The summed E-state index contributed by atoms with van der Waals surface area (Å²) < 4.78 is 2.39.